The van der Waals surface area contributed by atoms with Crippen molar-refractivity contribution in [3.63, 3.8) is 0 Å². The van der Waals surface area contributed by atoms with Crippen LogP contribution in [0.3, 0.4) is 0 Å². The molecule has 0 aromatic rings. The Bertz CT molecular complexity index is 686. The van der Waals surface area contributed by atoms with Crippen LogP contribution in [0.15, 0.2) is 15.0 Å². The average molecular weight is 555 g/mol. The molecule has 0 radical (unpaired) electrons. The Kier molecular flexibility index (Phi) is 23.4. The zero-order chi connectivity index (χ0) is 29.1. The third kappa shape index (κ3) is 27.9. The van der Waals surface area contributed by atoms with E-state index in [4.69, 9.17) is 50.3 Å². The maximum atomic E-state index is 7.14. The van der Waals surface area contributed by atoms with Crippen LogP contribution in [0.5, 0.6) is 0 Å². The summed E-state index contributed by atoms with van der Waals surface area (Å²) in [5.41, 5.74) is 38.5. The monoisotopic (exact) mass is 554 g/mol. The van der Waals surface area contributed by atoms with E-state index in [1.165, 1.54) is 25.7 Å². The Morgan fingerprint density at radius 2 is 1.00 bits per heavy atom. The summed E-state index contributed by atoms with van der Waals surface area (Å²) in [6, 6.07) is 0.145. The van der Waals surface area contributed by atoms with Gasteiger partial charge in [0.15, 0.2) is 23.8 Å². The van der Waals surface area contributed by atoms with Crippen LogP contribution in [0.25, 0.3) is 0 Å². The fourth-order valence-corrected chi connectivity index (χ4v) is 4.35. The second-order valence-corrected chi connectivity index (χ2v) is 10.1. The van der Waals surface area contributed by atoms with Gasteiger partial charge in [0, 0.05) is 26.3 Å². The summed E-state index contributed by atoms with van der Waals surface area (Å²) in [7, 11) is 0. The molecule has 39 heavy (non-hydrogen) atoms. The summed E-state index contributed by atoms with van der Waals surface area (Å²) < 4.78 is 5.90. The standard InChI is InChI=1S/C26H58N12O/c27-23(28)35-17-11-7-3-1-5-9-13-21(37-25(31)32)15-19-39-20-16-22(38-26(33)34)14-10-6-2-4-8-12-18-36-24(29)30/h21-22H,1-20H2,(H4,27,28,35)(H4,29,30,36)(H4,31,32,37)(H4,33,34,38). The van der Waals surface area contributed by atoms with E-state index in [2.05, 4.69) is 20.3 Å². The molecule has 0 heterocycles. The Morgan fingerprint density at radius 1 is 0.564 bits per heavy atom. The molecule has 0 saturated heterocycles. The summed E-state index contributed by atoms with van der Waals surface area (Å²) in [6.07, 6.45) is 16.9. The van der Waals surface area contributed by atoms with Crippen molar-refractivity contribution in [3.05, 3.63) is 0 Å². The summed E-state index contributed by atoms with van der Waals surface area (Å²) in [5, 5.41) is 9.97. The van der Waals surface area contributed by atoms with Gasteiger partial charge in [-0.05, 0) is 38.5 Å². The summed E-state index contributed by atoms with van der Waals surface area (Å²) in [6.45, 7) is 2.65. The molecular formula is C26H58N12O. The lowest BCUT2D eigenvalue weighted by Crippen LogP contribution is -2.30. The van der Waals surface area contributed by atoms with Crippen molar-refractivity contribution >= 4 is 23.8 Å². The molecule has 16 N–H and O–H groups in total. The fourth-order valence-electron chi connectivity index (χ4n) is 4.35. The first kappa shape index (κ1) is 36.0. The van der Waals surface area contributed by atoms with Gasteiger partial charge in [-0.2, -0.15) is 0 Å². The van der Waals surface area contributed by atoms with Crippen molar-refractivity contribution in [1.82, 2.24) is 5.32 Å². The lowest BCUT2D eigenvalue weighted by Gasteiger charge is -2.15. The molecule has 0 bridgehead atoms. The second-order valence-electron chi connectivity index (χ2n) is 10.1. The molecule has 0 aliphatic carbocycles. The predicted molar refractivity (Wildman–Crippen MR) is 164 cm³/mol. The molecule has 0 amide bonds. The number of hydrogen-bond donors (Lipinski definition) is 9. The number of rotatable bonds is 26. The molecule has 2 unspecified atom stereocenters. The highest BCUT2D eigenvalue weighted by atomic mass is 16.5. The Hall–Kier alpha value is -2.96. The largest absolute Gasteiger partial charge is 0.381 e. The molecule has 0 aromatic heterocycles. The van der Waals surface area contributed by atoms with Crippen molar-refractivity contribution in [2.75, 3.05) is 26.3 Å². The van der Waals surface area contributed by atoms with Crippen LogP contribution in [-0.4, -0.2) is 62.2 Å². The summed E-state index contributed by atoms with van der Waals surface area (Å²) in [4.78, 5) is 12.8. The first-order valence-corrected chi connectivity index (χ1v) is 14.6. The third-order valence-corrected chi connectivity index (χ3v) is 6.37. The van der Waals surface area contributed by atoms with Gasteiger partial charge in [0.05, 0.1) is 12.1 Å². The first-order chi connectivity index (χ1) is 18.7. The second kappa shape index (κ2) is 25.3. The van der Waals surface area contributed by atoms with Gasteiger partial charge in [0.2, 0.25) is 0 Å². The number of unbranched alkanes of at least 4 members (excludes halogenated alkanes) is 10. The molecule has 0 fully saturated rings. The molecule has 0 saturated carbocycles. The molecule has 0 spiro atoms. The normalized spacial score (nSPS) is 12.3. The van der Waals surface area contributed by atoms with Gasteiger partial charge in [0.1, 0.15) is 0 Å². The number of nitrogens with one attached hydrogen (secondary N) is 2. The number of nitrogens with two attached hydrogens (primary N) is 7. The van der Waals surface area contributed by atoms with E-state index in [0.29, 0.717) is 19.8 Å². The van der Waals surface area contributed by atoms with Crippen molar-refractivity contribution in [2.24, 2.45) is 55.1 Å². The summed E-state index contributed by atoms with van der Waals surface area (Å²) in [5.74, 6) is 0.446. The number of hydrogen-bond acceptors (Lipinski definition) is 5. The molecule has 0 aliphatic rings. The van der Waals surface area contributed by atoms with Crippen LogP contribution in [-0.2, 0) is 4.74 Å². The minimum Gasteiger partial charge on any atom is -0.381 e. The van der Waals surface area contributed by atoms with Gasteiger partial charge >= 0.3 is 0 Å². The topological polar surface area (TPSA) is 264 Å². The predicted octanol–water partition coefficient (Wildman–Crippen LogP) is 1.29. The Labute approximate surface area is 235 Å². The van der Waals surface area contributed by atoms with Crippen molar-refractivity contribution < 1.29 is 4.74 Å². The quantitative estimate of drug-likeness (QED) is 0.0422. The maximum Gasteiger partial charge on any atom is 0.186 e. The van der Waals surface area contributed by atoms with Gasteiger partial charge in [-0.15, -0.1) is 0 Å². The number of guanidine groups is 4. The van der Waals surface area contributed by atoms with E-state index in [0.717, 1.165) is 83.6 Å². The maximum absolute atomic E-state index is 7.14. The highest BCUT2D eigenvalue weighted by Gasteiger charge is 2.10. The van der Waals surface area contributed by atoms with Crippen LogP contribution in [0.2, 0.25) is 0 Å². The van der Waals surface area contributed by atoms with E-state index in [1.807, 2.05) is 0 Å². The van der Waals surface area contributed by atoms with Crippen molar-refractivity contribution in [1.29, 1.82) is 5.41 Å². The van der Waals surface area contributed by atoms with E-state index in [9.17, 15) is 0 Å². The van der Waals surface area contributed by atoms with Crippen LogP contribution in [0.4, 0.5) is 0 Å². The van der Waals surface area contributed by atoms with Gasteiger partial charge in [-0.25, -0.2) is 0 Å². The zero-order valence-electron chi connectivity index (χ0n) is 24.1. The SMILES string of the molecule is N=C(N)NCCCCCCCCC(CCOCCC(CCCCCCCCN=C(N)N)N=C(N)N)N=C(N)N. The smallest absolute Gasteiger partial charge is 0.186 e. The molecule has 0 aliphatic heterocycles. The van der Waals surface area contributed by atoms with E-state index in [-0.39, 0.29) is 35.9 Å². The van der Waals surface area contributed by atoms with E-state index < -0.39 is 0 Å². The highest BCUT2D eigenvalue weighted by Crippen LogP contribution is 2.15. The lowest BCUT2D eigenvalue weighted by atomic mass is 10.0. The van der Waals surface area contributed by atoms with Crippen LogP contribution in [0.1, 0.15) is 103 Å². The minimum atomic E-state index is 0.0359. The van der Waals surface area contributed by atoms with Gasteiger partial charge in [-0.3, -0.25) is 20.4 Å². The van der Waals surface area contributed by atoms with E-state index in [1.54, 1.807) is 0 Å². The van der Waals surface area contributed by atoms with Crippen molar-refractivity contribution in [3.8, 4) is 0 Å². The molecule has 0 rings (SSSR count). The first-order valence-electron chi connectivity index (χ1n) is 14.6. The van der Waals surface area contributed by atoms with Gasteiger partial charge < -0.3 is 50.2 Å². The zero-order valence-corrected chi connectivity index (χ0v) is 24.1. The Balaban J connectivity index is 4.06. The number of nitrogens with zero attached hydrogens (tertiary/aromatic N) is 3. The number of ether oxygens (including phenoxy) is 1. The molecule has 13 heteroatoms. The summed E-state index contributed by atoms with van der Waals surface area (Å²) >= 11 is 0. The Morgan fingerprint density at radius 3 is 1.44 bits per heavy atom. The average Bonchev–Trinajstić information content (AvgIpc) is 2.85. The molecule has 0 aromatic carbocycles. The highest BCUT2D eigenvalue weighted by molar-refractivity contribution is 5.76. The molecule has 2 atom stereocenters. The van der Waals surface area contributed by atoms with Crippen LogP contribution < -0.4 is 45.5 Å². The van der Waals surface area contributed by atoms with Crippen LogP contribution in [0, 0.1) is 5.41 Å². The lowest BCUT2D eigenvalue weighted by molar-refractivity contribution is 0.119. The van der Waals surface area contributed by atoms with Gasteiger partial charge in [0.25, 0.3) is 0 Å². The van der Waals surface area contributed by atoms with E-state index >= 15 is 0 Å². The number of aliphatic imine (C=N–C) groups is 3. The van der Waals surface area contributed by atoms with Gasteiger partial charge in [-0.1, -0.05) is 64.2 Å². The van der Waals surface area contributed by atoms with Crippen molar-refractivity contribution in [2.45, 2.75) is 115 Å². The minimum absolute atomic E-state index is 0.0359. The van der Waals surface area contributed by atoms with Crippen LogP contribution >= 0.6 is 0 Å². The molecular weight excluding hydrogens is 496 g/mol. The molecule has 228 valence electrons. The molecule has 13 nitrogen and oxygen atoms in total. The fraction of sp³-hybridized carbons (Fsp3) is 0.846. The third-order valence-electron chi connectivity index (χ3n) is 6.37.